The Morgan fingerprint density at radius 1 is 1.20 bits per heavy atom. The highest BCUT2D eigenvalue weighted by molar-refractivity contribution is 5.78. The van der Waals surface area contributed by atoms with Gasteiger partial charge in [-0.15, -0.1) is 0 Å². The van der Waals surface area contributed by atoms with Crippen LogP contribution in [0.25, 0.3) is 11.1 Å². The maximum Gasteiger partial charge on any atom is 0.220 e. The number of benzene rings is 2. The maximum absolute atomic E-state index is 9.66. The van der Waals surface area contributed by atoms with Crippen molar-refractivity contribution in [3.8, 4) is 28.7 Å². The second-order valence-electron chi connectivity index (χ2n) is 4.80. The van der Waals surface area contributed by atoms with E-state index in [0.717, 1.165) is 28.2 Å². The van der Waals surface area contributed by atoms with Crippen LogP contribution in [0, 0.1) is 11.3 Å². The Balaban J connectivity index is 2.32. The van der Waals surface area contributed by atoms with Gasteiger partial charge >= 0.3 is 0 Å². The molecule has 0 radical (unpaired) electrons. The van der Waals surface area contributed by atoms with Gasteiger partial charge in [0, 0.05) is 17.5 Å². The number of nitrogens with zero attached hydrogens (tertiary/aromatic N) is 1. The van der Waals surface area contributed by atoms with Gasteiger partial charge in [-0.1, -0.05) is 31.2 Å². The zero-order valence-electron chi connectivity index (χ0n) is 11.5. The summed E-state index contributed by atoms with van der Waals surface area (Å²) in [5.74, 6) is 1.49. The average Bonchev–Trinajstić information content (AvgIpc) is 2.53. The molecule has 1 unspecified atom stereocenters. The standard InChI is InChI=1S/C17H15NO2/c1-3-17(11-18)15-10-12(19-2)8-9-13(15)14-6-4-5-7-16(14)20-17/h4-10H,3H2,1-2H3. The maximum atomic E-state index is 9.66. The van der Waals surface area contributed by atoms with Gasteiger partial charge in [-0.2, -0.15) is 5.26 Å². The molecule has 3 rings (SSSR count). The van der Waals surface area contributed by atoms with E-state index in [-0.39, 0.29) is 0 Å². The van der Waals surface area contributed by atoms with Gasteiger partial charge in [-0.05, 0) is 23.8 Å². The number of hydrogen-bond donors (Lipinski definition) is 0. The highest BCUT2D eigenvalue weighted by atomic mass is 16.5. The first-order valence-electron chi connectivity index (χ1n) is 6.62. The number of rotatable bonds is 2. The summed E-state index contributed by atoms with van der Waals surface area (Å²) in [6, 6.07) is 16.0. The van der Waals surface area contributed by atoms with Crippen LogP contribution in [0.5, 0.6) is 11.5 Å². The SMILES string of the molecule is CCC1(C#N)Oc2ccccc2-c2ccc(OC)cc21. The van der Waals surface area contributed by atoms with Crippen molar-refractivity contribution in [1.82, 2.24) is 0 Å². The van der Waals surface area contributed by atoms with Gasteiger partial charge < -0.3 is 9.47 Å². The minimum atomic E-state index is -0.946. The van der Waals surface area contributed by atoms with E-state index in [1.807, 2.05) is 49.4 Å². The van der Waals surface area contributed by atoms with E-state index in [2.05, 4.69) is 6.07 Å². The van der Waals surface area contributed by atoms with Gasteiger partial charge in [0.05, 0.1) is 7.11 Å². The number of ether oxygens (including phenoxy) is 2. The van der Waals surface area contributed by atoms with Crippen LogP contribution in [-0.4, -0.2) is 7.11 Å². The molecular weight excluding hydrogens is 250 g/mol. The number of fused-ring (bicyclic) bond motifs is 3. The fourth-order valence-electron chi connectivity index (χ4n) is 2.66. The molecule has 0 aromatic heterocycles. The Morgan fingerprint density at radius 2 is 2.00 bits per heavy atom. The number of para-hydroxylation sites is 1. The van der Waals surface area contributed by atoms with E-state index >= 15 is 0 Å². The van der Waals surface area contributed by atoms with Crippen LogP contribution >= 0.6 is 0 Å². The molecule has 0 saturated carbocycles. The Hall–Kier alpha value is -2.47. The number of hydrogen-bond acceptors (Lipinski definition) is 3. The van der Waals surface area contributed by atoms with E-state index in [4.69, 9.17) is 9.47 Å². The summed E-state index contributed by atoms with van der Waals surface area (Å²) in [6.45, 7) is 1.96. The predicted molar refractivity (Wildman–Crippen MR) is 76.6 cm³/mol. The first kappa shape index (κ1) is 12.6. The van der Waals surface area contributed by atoms with Gasteiger partial charge in [0.25, 0.3) is 0 Å². The second kappa shape index (κ2) is 4.57. The van der Waals surface area contributed by atoms with Crippen molar-refractivity contribution in [3.63, 3.8) is 0 Å². The van der Waals surface area contributed by atoms with Crippen molar-refractivity contribution in [2.24, 2.45) is 0 Å². The zero-order valence-corrected chi connectivity index (χ0v) is 11.5. The molecule has 0 saturated heterocycles. The average molecular weight is 265 g/mol. The summed E-state index contributed by atoms with van der Waals surface area (Å²) in [4.78, 5) is 0. The van der Waals surface area contributed by atoms with Gasteiger partial charge in [-0.3, -0.25) is 0 Å². The van der Waals surface area contributed by atoms with Crippen molar-refractivity contribution in [1.29, 1.82) is 5.26 Å². The summed E-state index contributed by atoms with van der Waals surface area (Å²) in [6.07, 6.45) is 0.581. The molecular formula is C17H15NO2. The zero-order chi connectivity index (χ0) is 14.2. The molecule has 1 heterocycles. The van der Waals surface area contributed by atoms with Crippen molar-refractivity contribution < 1.29 is 9.47 Å². The second-order valence-corrected chi connectivity index (χ2v) is 4.80. The van der Waals surface area contributed by atoms with Crippen molar-refractivity contribution in [2.45, 2.75) is 18.9 Å². The highest BCUT2D eigenvalue weighted by Crippen LogP contribution is 2.47. The summed E-state index contributed by atoms with van der Waals surface area (Å²) >= 11 is 0. The quantitative estimate of drug-likeness (QED) is 0.827. The van der Waals surface area contributed by atoms with Crippen molar-refractivity contribution in [3.05, 3.63) is 48.0 Å². The fraction of sp³-hybridized carbons (Fsp3) is 0.235. The first-order valence-corrected chi connectivity index (χ1v) is 6.62. The molecule has 0 spiro atoms. The molecule has 0 N–H and O–H groups in total. The Labute approximate surface area is 118 Å². The monoisotopic (exact) mass is 265 g/mol. The molecule has 3 heteroatoms. The largest absolute Gasteiger partial charge is 0.497 e. The lowest BCUT2D eigenvalue weighted by molar-refractivity contribution is 0.120. The molecule has 1 aliphatic heterocycles. The molecule has 0 amide bonds. The number of nitriles is 1. The van der Waals surface area contributed by atoms with Crippen LogP contribution in [0.15, 0.2) is 42.5 Å². The van der Waals surface area contributed by atoms with Crippen molar-refractivity contribution >= 4 is 0 Å². The van der Waals surface area contributed by atoms with Crippen LogP contribution in [-0.2, 0) is 5.60 Å². The summed E-state index contributed by atoms with van der Waals surface area (Å²) in [7, 11) is 1.62. The Bertz CT molecular complexity index is 702. The third-order valence-electron chi connectivity index (χ3n) is 3.80. The van der Waals surface area contributed by atoms with Crippen LogP contribution in [0.3, 0.4) is 0 Å². The molecule has 20 heavy (non-hydrogen) atoms. The fourth-order valence-corrected chi connectivity index (χ4v) is 2.66. The third kappa shape index (κ3) is 1.65. The molecule has 1 aliphatic rings. The van der Waals surface area contributed by atoms with Gasteiger partial charge in [0.1, 0.15) is 17.6 Å². The normalized spacial score (nSPS) is 19.2. The molecule has 0 fully saturated rings. The van der Waals surface area contributed by atoms with Gasteiger partial charge in [0.15, 0.2) is 0 Å². The van der Waals surface area contributed by atoms with Crippen LogP contribution in [0.1, 0.15) is 18.9 Å². The topological polar surface area (TPSA) is 42.2 Å². The van der Waals surface area contributed by atoms with E-state index in [0.29, 0.717) is 6.42 Å². The lowest BCUT2D eigenvalue weighted by Crippen LogP contribution is -2.34. The van der Waals surface area contributed by atoms with E-state index in [1.54, 1.807) is 7.11 Å². The highest BCUT2D eigenvalue weighted by Gasteiger charge is 2.40. The number of methoxy groups -OCH3 is 1. The van der Waals surface area contributed by atoms with E-state index < -0.39 is 5.60 Å². The Kier molecular flexibility index (Phi) is 2.87. The third-order valence-corrected chi connectivity index (χ3v) is 3.80. The van der Waals surface area contributed by atoms with Crippen LogP contribution < -0.4 is 9.47 Å². The minimum Gasteiger partial charge on any atom is -0.497 e. The molecule has 2 aromatic rings. The molecule has 2 aromatic carbocycles. The summed E-state index contributed by atoms with van der Waals surface area (Å²) < 4.78 is 11.3. The van der Waals surface area contributed by atoms with Gasteiger partial charge in [0.2, 0.25) is 5.60 Å². The van der Waals surface area contributed by atoms with Crippen molar-refractivity contribution in [2.75, 3.05) is 7.11 Å². The summed E-state index contributed by atoms with van der Waals surface area (Å²) in [5, 5.41) is 9.66. The Morgan fingerprint density at radius 3 is 2.70 bits per heavy atom. The molecule has 1 atom stereocenters. The first-order chi connectivity index (χ1) is 9.74. The summed E-state index contributed by atoms with van der Waals surface area (Å²) in [5.41, 5.74) is 1.99. The van der Waals surface area contributed by atoms with Crippen LogP contribution in [0.4, 0.5) is 0 Å². The molecule has 0 bridgehead atoms. The minimum absolute atomic E-state index is 0.581. The lowest BCUT2D eigenvalue weighted by Gasteiger charge is -2.34. The van der Waals surface area contributed by atoms with E-state index in [1.165, 1.54) is 0 Å². The van der Waals surface area contributed by atoms with Gasteiger partial charge in [-0.25, -0.2) is 0 Å². The van der Waals surface area contributed by atoms with Crippen LogP contribution in [0.2, 0.25) is 0 Å². The molecule has 0 aliphatic carbocycles. The predicted octanol–water partition coefficient (Wildman–Crippen LogP) is 3.88. The smallest absolute Gasteiger partial charge is 0.220 e. The lowest BCUT2D eigenvalue weighted by atomic mass is 9.83. The van der Waals surface area contributed by atoms with E-state index in [9.17, 15) is 5.26 Å². The molecule has 3 nitrogen and oxygen atoms in total. The molecule has 100 valence electrons.